The van der Waals surface area contributed by atoms with E-state index < -0.39 is 10.0 Å². The molecule has 2 aromatic carbocycles. The highest BCUT2D eigenvalue weighted by Gasteiger charge is 2.16. The van der Waals surface area contributed by atoms with Crippen molar-refractivity contribution in [3.8, 4) is 11.1 Å². The molecule has 194 valence electrons. The van der Waals surface area contributed by atoms with Crippen LogP contribution in [0.4, 0.5) is 23.1 Å². The van der Waals surface area contributed by atoms with E-state index in [0.29, 0.717) is 17.5 Å². The van der Waals surface area contributed by atoms with E-state index in [1.807, 2.05) is 23.6 Å². The number of anilines is 4. The molecular formula is C26H31N7O2S2. The fourth-order valence-electron chi connectivity index (χ4n) is 4.51. The lowest BCUT2D eigenvalue weighted by molar-refractivity contribution is 0.132. The molecule has 0 aliphatic carbocycles. The van der Waals surface area contributed by atoms with Gasteiger partial charge >= 0.3 is 0 Å². The van der Waals surface area contributed by atoms with Gasteiger partial charge in [0.15, 0.2) is 0 Å². The zero-order chi connectivity index (χ0) is 26.0. The summed E-state index contributed by atoms with van der Waals surface area (Å²) in [6.45, 7) is 8.72. The molecule has 1 aliphatic heterocycles. The fraction of sp³-hybridized carbons (Fsp3) is 0.308. The van der Waals surface area contributed by atoms with Gasteiger partial charge in [-0.1, -0.05) is 31.2 Å². The summed E-state index contributed by atoms with van der Waals surface area (Å²) in [5.74, 6) is 0.815. The van der Waals surface area contributed by atoms with Gasteiger partial charge < -0.3 is 16.0 Å². The highest BCUT2D eigenvalue weighted by atomic mass is 32.2. The molecule has 0 spiro atoms. The van der Waals surface area contributed by atoms with Crippen molar-refractivity contribution in [2.75, 3.05) is 54.8 Å². The van der Waals surface area contributed by atoms with Crippen LogP contribution in [-0.4, -0.2) is 67.2 Å². The lowest BCUT2D eigenvalue weighted by Crippen LogP contribution is -2.45. The van der Waals surface area contributed by atoms with Gasteiger partial charge in [-0.15, -0.1) is 11.3 Å². The topological polar surface area (TPSA) is 116 Å². The van der Waals surface area contributed by atoms with E-state index in [-0.39, 0.29) is 0 Å². The van der Waals surface area contributed by atoms with Crippen molar-refractivity contribution in [3.63, 3.8) is 0 Å². The fourth-order valence-corrected chi connectivity index (χ4v) is 5.98. The van der Waals surface area contributed by atoms with Crippen LogP contribution in [-0.2, 0) is 16.6 Å². The molecule has 2 aromatic heterocycles. The lowest BCUT2D eigenvalue weighted by atomic mass is 10.1. The van der Waals surface area contributed by atoms with Crippen molar-refractivity contribution in [1.29, 1.82) is 0 Å². The number of aromatic nitrogens is 2. The second kappa shape index (κ2) is 10.6. The van der Waals surface area contributed by atoms with Crippen LogP contribution in [0.3, 0.4) is 0 Å². The van der Waals surface area contributed by atoms with Gasteiger partial charge in [-0.2, -0.15) is 4.98 Å². The normalized spacial score (nSPS) is 15.2. The Balaban J connectivity index is 1.33. The Morgan fingerprint density at radius 1 is 1.00 bits per heavy atom. The molecular weight excluding hydrogens is 506 g/mol. The Labute approximate surface area is 221 Å². The first-order valence-corrected chi connectivity index (χ1v) is 15.0. The first kappa shape index (κ1) is 25.4. The molecule has 0 atom stereocenters. The Morgan fingerprint density at radius 2 is 1.73 bits per heavy atom. The number of hydrogen-bond acceptors (Lipinski definition) is 9. The number of hydrogen-bond donors (Lipinski definition) is 3. The van der Waals surface area contributed by atoms with Crippen LogP contribution in [0.2, 0.25) is 0 Å². The number of nitrogens with two attached hydrogens (primary N) is 1. The number of nitrogens with zero attached hydrogens (tertiary/aromatic N) is 4. The molecule has 0 unspecified atom stereocenters. The number of sulfonamides is 1. The second-order valence-electron chi connectivity index (χ2n) is 9.25. The molecule has 9 nitrogen and oxygen atoms in total. The maximum absolute atomic E-state index is 11.7. The summed E-state index contributed by atoms with van der Waals surface area (Å²) in [6, 6.07) is 15.6. The van der Waals surface area contributed by atoms with Crippen LogP contribution in [0.25, 0.3) is 21.3 Å². The molecule has 11 heteroatoms. The van der Waals surface area contributed by atoms with Crippen LogP contribution < -0.4 is 15.8 Å². The van der Waals surface area contributed by atoms with Crippen molar-refractivity contribution in [1.82, 2.24) is 19.8 Å². The minimum Gasteiger partial charge on any atom is -0.382 e. The predicted octanol–water partition coefficient (Wildman–Crippen LogP) is 4.19. The summed E-state index contributed by atoms with van der Waals surface area (Å²) in [5, 5.41) is 5.25. The Kier molecular flexibility index (Phi) is 7.29. The number of rotatable bonds is 8. The summed E-state index contributed by atoms with van der Waals surface area (Å²) >= 11 is 1.47. The van der Waals surface area contributed by atoms with Gasteiger partial charge in [0.1, 0.15) is 5.82 Å². The van der Waals surface area contributed by atoms with E-state index in [0.717, 1.165) is 72.6 Å². The van der Waals surface area contributed by atoms with Gasteiger partial charge in [0, 0.05) is 55.0 Å². The SMILES string of the molecule is CCN1CCN(Cc2ccc(Nc3nc(N)c4scc(-c5cccc(NS(C)(=O)=O)c5)c4n3)cc2)CC1. The van der Waals surface area contributed by atoms with Gasteiger partial charge in [-0.05, 0) is 41.9 Å². The first-order chi connectivity index (χ1) is 17.8. The first-order valence-electron chi connectivity index (χ1n) is 12.2. The van der Waals surface area contributed by atoms with Crippen molar-refractivity contribution < 1.29 is 8.42 Å². The molecule has 0 amide bonds. The summed E-state index contributed by atoms with van der Waals surface area (Å²) < 4.78 is 26.6. The van der Waals surface area contributed by atoms with Crippen molar-refractivity contribution in [2.45, 2.75) is 13.5 Å². The maximum atomic E-state index is 11.7. The smallest absolute Gasteiger partial charge is 0.229 e. The molecule has 0 saturated carbocycles. The third kappa shape index (κ3) is 6.19. The molecule has 1 saturated heterocycles. The third-order valence-corrected chi connectivity index (χ3v) is 8.04. The summed E-state index contributed by atoms with van der Waals surface area (Å²) in [4.78, 5) is 14.2. The summed E-state index contributed by atoms with van der Waals surface area (Å²) in [7, 11) is -3.38. The highest BCUT2D eigenvalue weighted by Crippen LogP contribution is 2.37. The zero-order valence-electron chi connectivity index (χ0n) is 20.9. The maximum Gasteiger partial charge on any atom is 0.229 e. The van der Waals surface area contributed by atoms with E-state index in [1.165, 1.54) is 16.9 Å². The quantitative estimate of drug-likeness (QED) is 0.306. The number of thiophene rings is 1. The molecule has 1 aliphatic rings. The number of nitrogen functional groups attached to an aromatic ring is 1. The monoisotopic (exact) mass is 537 g/mol. The molecule has 0 radical (unpaired) electrons. The van der Waals surface area contributed by atoms with E-state index in [4.69, 9.17) is 10.7 Å². The van der Waals surface area contributed by atoms with E-state index in [2.05, 4.69) is 43.9 Å². The molecule has 37 heavy (non-hydrogen) atoms. The Morgan fingerprint density at radius 3 is 2.43 bits per heavy atom. The molecule has 1 fully saturated rings. The van der Waals surface area contributed by atoms with E-state index >= 15 is 0 Å². The van der Waals surface area contributed by atoms with Gasteiger partial charge in [0.25, 0.3) is 0 Å². The minimum atomic E-state index is -3.38. The average Bonchev–Trinajstić information content (AvgIpc) is 3.29. The van der Waals surface area contributed by atoms with Gasteiger partial charge in [0.2, 0.25) is 16.0 Å². The molecule has 0 bridgehead atoms. The Hall–Kier alpha value is -3.25. The molecule has 4 aromatic rings. The van der Waals surface area contributed by atoms with E-state index in [9.17, 15) is 8.42 Å². The van der Waals surface area contributed by atoms with Crippen molar-refractivity contribution in [2.24, 2.45) is 0 Å². The largest absolute Gasteiger partial charge is 0.382 e. The van der Waals surface area contributed by atoms with Gasteiger partial charge in [0.05, 0.1) is 16.5 Å². The number of benzene rings is 2. The molecule has 4 N–H and O–H groups in total. The van der Waals surface area contributed by atoms with Crippen molar-refractivity contribution >= 4 is 54.7 Å². The zero-order valence-corrected chi connectivity index (χ0v) is 22.6. The number of piperazine rings is 1. The summed E-state index contributed by atoms with van der Waals surface area (Å²) in [5.41, 5.74) is 11.4. The number of likely N-dealkylation sites (N-methyl/N-ethyl adjacent to an activating group) is 1. The van der Waals surface area contributed by atoms with Gasteiger partial charge in [-0.25, -0.2) is 13.4 Å². The van der Waals surface area contributed by atoms with Gasteiger partial charge in [-0.3, -0.25) is 9.62 Å². The lowest BCUT2D eigenvalue weighted by Gasteiger charge is -2.34. The van der Waals surface area contributed by atoms with Crippen LogP contribution in [0.1, 0.15) is 12.5 Å². The second-order valence-corrected chi connectivity index (χ2v) is 11.9. The van der Waals surface area contributed by atoms with Crippen LogP contribution in [0.5, 0.6) is 0 Å². The van der Waals surface area contributed by atoms with Crippen molar-refractivity contribution in [3.05, 3.63) is 59.5 Å². The highest BCUT2D eigenvalue weighted by molar-refractivity contribution is 7.92. The molecule has 3 heterocycles. The predicted molar refractivity (Wildman–Crippen MR) is 153 cm³/mol. The third-order valence-electron chi connectivity index (χ3n) is 6.45. The minimum absolute atomic E-state index is 0.400. The van der Waals surface area contributed by atoms with Crippen LogP contribution in [0, 0.1) is 0 Å². The number of nitrogens with one attached hydrogen (secondary N) is 2. The number of fused-ring (bicyclic) bond motifs is 1. The average molecular weight is 538 g/mol. The summed E-state index contributed by atoms with van der Waals surface area (Å²) in [6.07, 6.45) is 1.13. The van der Waals surface area contributed by atoms with Crippen LogP contribution in [0.15, 0.2) is 53.9 Å². The molecule has 5 rings (SSSR count). The standard InChI is InChI=1S/C26H31N7O2S2/c1-3-32-11-13-33(14-12-32)16-18-7-9-20(10-8-18)28-26-29-23-22(17-36-24(23)25(27)30-26)19-5-4-6-21(15-19)31-37(2,34)35/h4-10,15,17,31H,3,11-14,16H2,1-2H3,(H3,27,28,29,30). The Bertz CT molecular complexity index is 1500. The van der Waals surface area contributed by atoms with Crippen LogP contribution >= 0.6 is 11.3 Å². The van der Waals surface area contributed by atoms with E-state index in [1.54, 1.807) is 18.2 Å².